The molecule has 0 amide bonds. The Bertz CT molecular complexity index is 980. The van der Waals surface area contributed by atoms with Gasteiger partial charge in [0.25, 0.3) is 0 Å². The van der Waals surface area contributed by atoms with Crippen LogP contribution in [0.25, 0.3) is 0 Å². The Morgan fingerprint density at radius 2 is 2.00 bits per heavy atom. The number of nitrogens with zero attached hydrogens (tertiary/aromatic N) is 3. The average Bonchev–Trinajstić information content (AvgIpc) is 3.18. The summed E-state index contributed by atoms with van der Waals surface area (Å²) in [6.07, 6.45) is 3.32. The van der Waals surface area contributed by atoms with Crippen LogP contribution in [0.2, 0.25) is 0 Å². The van der Waals surface area contributed by atoms with E-state index in [4.69, 9.17) is 9.26 Å². The number of rotatable bonds is 9. The Kier molecular flexibility index (Phi) is 7.98. The van der Waals surface area contributed by atoms with Gasteiger partial charge in [0.15, 0.2) is 5.96 Å². The molecule has 0 fully saturated rings. The van der Waals surface area contributed by atoms with Crippen molar-refractivity contribution >= 4 is 5.96 Å². The highest BCUT2D eigenvalue weighted by atomic mass is 19.1. The van der Waals surface area contributed by atoms with E-state index in [1.807, 2.05) is 13.0 Å². The summed E-state index contributed by atoms with van der Waals surface area (Å²) >= 11 is 0. The van der Waals surface area contributed by atoms with Crippen LogP contribution in [0.15, 0.2) is 52.1 Å². The molecule has 2 N–H and O–H groups in total. The second-order valence-electron chi connectivity index (χ2n) is 6.85. The number of aryl methyl sites for hydroxylation is 2. The van der Waals surface area contributed by atoms with Gasteiger partial charge in [-0.25, -0.2) is 14.4 Å². The molecule has 1 aromatic carbocycles. The first kappa shape index (κ1) is 22.3. The first-order valence-electron chi connectivity index (χ1n) is 10.5. The molecule has 2 aromatic heterocycles. The van der Waals surface area contributed by atoms with Crippen molar-refractivity contribution in [1.82, 2.24) is 20.8 Å². The first-order valence-corrected chi connectivity index (χ1v) is 10.5. The Labute approximate surface area is 181 Å². The molecule has 0 atom stereocenters. The summed E-state index contributed by atoms with van der Waals surface area (Å²) in [6.45, 7) is 7.93. The lowest BCUT2D eigenvalue weighted by Gasteiger charge is -2.12. The van der Waals surface area contributed by atoms with Crippen molar-refractivity contribution in [2.75, 3.05) is 6.54 Å². The molecule has 0 aliphatic heterocycles. The van der Waals surface area contributed by atoms with Crippen LogP contribution in [0, 0.1) is 5.82 Å². The Hall–Kier alpha value is -3.42. The van der Waals surface area contributed by atoms with E-state index in [2.05, 4.69) is 39.6 Å². The van der Waals surface area contributed by atoms with Gasteiger partial charge in [-0.1, -0.05) is 31.1 Å². The van der Waals surface area contributed by atoms with Crippen molar-refractivity contribution < 1.29 is 13.7 Å². The van der Waals surface area contributed by atoms with Gasteiger partial charge in [0.1, 0.15) is 17.3 Å². The van der Waals surface area contributed by atoms with Crippen molar-refractivity contribution in [2.45, 2.75) is 46.7 Å². The molecule has 3 aromatic rings. The van der Waals surface area contributed by atoms with Crippen molar-refractivity contribution in [3.05, 3.63) is 71.0 Å². The number of nitrogens with one attached hydrogen (secondary N) is 2. The van der Waals surface area contributed by atoms with Gasteiger partial charge in [0, 0.05) is 43.4 Å². The van der Waals surface area contributed by atoms with E-state index >= 15 is 0 Å². The fourth-order valence-corrected chi connectivity index (χ4v) is 3.04. The molecule has 7 nitrogen and oxygen atoms in total. The third-order valence-corrected chi connectivity index (χ3v) is 4.62. The lowest BCUT2D eigenvalue weighted by atomic mass is 10.1. The number of benzene rings is 1. The number of hydrogen-bond donors (Lipinski definition) is 2. The van der Waals surface area contributed by atoms with Crippen LogP contribution in [-0.2, 0) is 25.9 Å². The summed E-state index contributed by atoms with van der Waals surface area (Å²) in [7, 11) is 0. The number of aliphatic imine (C=N–C) groups is 1. The molecule has 2 heterocycles. The second-order valence-corrected chi connectivity index (χ2v) is 6.85. The molecular weight excluding hydrogens is 397 g/mol. The van der Waals surface area contributed by atoms with Gasteiger partial charge in [0.05, 0.1) is 12.2 Å². The zero-order chi connectivity index (χ0) is 22.1. The lowest BCUT2D eigenvalue weighted by molar-refractivity contribution is 0.380. The number of aromatic nitrogens is 2. The van der Waals surface area contributed by atoms with Gasteiger partial charge < -0.3 is 19.9 Å². The van der Waals surface area contributed by atoms with Crippen LogP contribution in [0.4, 0.5) is 4.39 Å². The predicted molar refractivity (Wildman–Crippen MR) is 118 cm³/mol. The van der Waals surface area contributed by atoms with Crippen LogP contribution in [0.3, 0.4) is 0 Å². The molecule has 0 saturated carbocycles. The molecule has 0 spiro atoms. The van der Waals surface area contributed by atoms with Gasteiger partial charge in [-0.2, -0.15) is 0 Å². The minimum atomic E-state index is -0.352. The SMILES string of the molecule is CCNC(=NCc1ccc(Oc2cccc(F)c2)nc1)NCc1c(CC)noc1CC. The Morgan fingerprint density at radius 3 is 2.68 bits per heavy atom. The summed E-state index contributed by atoms with van der Waals surface area (Å²) in [5.41, 5.74) is 2.99. The summed E-state index contributed by atoms with van der Waals surface area (Å²) in [4.78, 5) is 8.92. The van der Waals surface area contributed by atoms with Crippen molar-refractivity contribution in [1.29, 1.82) is 0 Å². The minimum Gasteiger partial charge on any atom is -0.439 e. The van der Waals surface area contributed by atoms with Crippen LogP contribution in [0.1, 0.15) is 43.4 Å². The molecule has 0 saturated heterocycles. The van der Waals surface area contributed by atoms with Crippen LogP contribution >= 0.6 is 0 Å². The third-order valence-electron chi connectivity index (χ3n) is 4.62. The maximum Gasteiger partial charge on any atom is 0.219 e. The molecule has 0 unspecified atom stereocenters. The molecule has 3 rings (SSSR count). The fourth-order valence-electron chi connectivity index (χ4n) is 3.04. The van der Waals surface area contributed by atoms with Crippen molar-refractivity contribution in [2.24, 2.45) is 4.99 Å². The highest BCUT2D eigenvalue weighted by molar-refractivity contribution is 5.79. The number of hydrogen-bond acceptors (Lipinski definition) is 5. The van der Waals surface area contributed by atoms with E-state index in [9.17, 15) is 4.39 Å². The zero-order valence-electron chi connectivity index (χ0n) is 18.1. The first-order chi connectivity index (χ1) is 15.1. The minimum absolute atomic E-state index is 0.352. The van der Waals surface area contributed by atoms with E-state index in [-0.39, 0.29) is 5.82 Å². The molecule has 31 heavy (non-hydrogen) atoms. The molecule has 0 aliphatic carbocycles. The smallest absolute Gasteiger partial charge is 0.219 e. The molecule has 0 radical (unpaired) electrons. The highest BCUT2D eigenvalue weighted by Gasteiger charge is 2.13. The van der Waals surface area contributed by atoms with Crippen LogP contribution < -0.4 is 15.4 Å². The average molecular weight is 426 g/mol. The predicted octanol–water partition coefficient (Wildman–Crippen LogP) is 4.38. The van der Waals surface area contributed by atoms with Crippen molar-refractivity contribution in [3.63, 3.8) is 0 Å². The van der Waals surface area contributed by atoms with Crippen LogP contribution in [-0.4, -0.2) is 22.6 Å². The summed E-state index contributed by atoms with van der Waals surface area (Å²) in [5.74, 6) is 2.06. The van der Waals surface area contributed by atoms with Crippen molar-refractivity contribution in [3.8, 4) is 11.6 Å². The van der Waals surface area contributed by atoms with E-state index in [1.165, 1.54) is 12.1 Å². The van der Waals surface area contributed by atoms with E-state index < -0.39 is 0 Å². The van der Waals surface area contributed by atoms with E-state index in [0.29, 0.717) is 30.7 Å². The second kappa shape index (κ2) is 11.1. The summed E-state index contributed by atoms with van der Waals surface area (Å²) in [5, 5.41) is 10.7. The molecular formula is C23H28FN5O2. The quantitative estimate of drug-likeness (QED) is 0.391. The third kappa shape index (κ3) is 6.28. The monoisotopic (exact) mass is 425 g/mol. The standard InChI is InChI=1S/C23H28FN5O2/c1-4-20-19(21(5-2)31-29-20)15-28-23(25-6-3)27-14-16-10-11-22(26-13-16)30-18-9-7-8-17(24)12-18/h7-13H,4-6,14-15H2,1-3H3,(H2,25,27,28). The number of pyridine rings is 1. The normalized spacial score (nSPS) is 11.4. The van der Waals surface area contributed by atoms with Gasteiger partial charge in [0.2, 0.25) is 5.88 Å². The van der Waals surface area contributed by atoms with Gasteiger partial charge >= 0.3 is 0 Å². The number of ether oxygens (including phenoxy) is 1. The van der Waals surface area contributed by atoms with E-state index in [1.54, 1.807) is 24.4 Å². The maximum absolute atomic E-state index is 13.3. The van der Waals surface area contributed by atoms with Gasteiger partial charge in [-0.15, -0.1) is 0 Å². The Balaban J connectivity index is 1.61. The zero-order valence-corrected chi connectivity index (χ0v) is 18.1. The molecule has 0 bridgehead atoms. The fraction of sp³-hybridized carbons (Fsp3) is 0.348. The van der Waals surface area contributed by atoms with Gasteiger partial charge in [-0.05, 0) is 31.0 Å². The lowest BCUT2D eigenvalue weighted by Crippen LogP contribution is -2.37. The number of guanidine groups is 1. The molecule has 8 heteroatoms. The summed E-state index contributed by atoms with van der Waals surface area (Å²) < 4.78 is 24.3. The largest absolute Gasteiger partial charge is 0.439 e. The molecule has 0 aliphatic rings. The van der Waals surface area contributed by atoms with Crippen LogP contribution in [0.5, 0.6) is 11.6 Å². The Morgan fingerprint density at radius 1 is 1.13 bits per heavy atom. The highest BCUT2D eigenvalue weighted by Crippen LogP contribution is 2.20. The van der Waals surface area contributed by atoms with Gasteiger partial charge in [-0.3, -0.25) is 0 Å². The summed E-state index contributed by atoms with van der Waals surface area (Å²) in [6, 6.07) is 9.59. The van der Waals surface area contributed by atoms with E-state index in [0.717, 1.165) is 42.0 Å². The topological polar surface area (TPSA) is 84.6 Å². The molecule has 164 valence electrons. The number of halogens is 1. The maximum atomic E-state index is 13.3.